The van der Waals surface area contributed by atoms with Gasteiger partial charge in [-0.2, -0.15) is 0 Å². The zero-order valence-electron chi connectivity index (χ0n) is 9.32. The molecule has 1 aliphatic rings. The zero-order chi connectivity index (χ0) is 13.3. The molecule has 1 amide bonds. The van der Waals surface area contributed by atoms with Gasteiger partial charge in [0.05, 0.1) is 33.2 Å². The van der Waals surface area contributed by atoms with E-state index in [0.717, 1.165) is 0 Å². The van der Waals surface area contributed by atoms with Crippen LogP contribution in [0, 0.1) is 5.92 Å². The molecule has 18 heavy (non-hydrogen) atoms. The van der Waals surface area contributed by atoms with E-state index in [-0.39, 0.29) is 22.4 Å². The minimum atomic E-state index is -3.07. The number of hydrogen-bond donors (Lipinski definition) is 1. The van der Waals surface area contributed by atoms with Crippen LogP contribution in [0.3, 0.4) is 0 Å². The third kappa shape index (κ3) is 2.96. The van der Waals surface area contributed by atoms with Gasteiger partial charge in [0, 0.05) is 0 Å². The molecule has 1 N–H and O–H groups in total. The molecule has 1 fully saturated rings. The highest BCUT2D eigenvalue weighted by atomic mass is 35.5. The molecule has 1 aromatic carbocycles. The lowest BCUT2D eigenvalue weighted by Gasteiger charge is -2.11. The molecule has 0 aliphatic carbocycles. The Labute approximate surface area is 115 Å². The number of amides is 1. The molecular formula is C11H11Cl2NO3S. The number of nitrogens with one attached hydrogen (secondary N) is 1. The summed E-state index contributed by atoms with van der Waals surface area (Å²) in [6, 6.07) is 4.89. The summed E-state index contributed by atoms with van der Waals surface area (Å²) in [6.07, 6.45) is 0.354. The van der Waals surface area contributed by atoms with Gasteiger partial charge in [-0.25, -0.2) is 8.42 Å². The second-order valence-electron chi connectivity index (χ2n) is 4.19. The van der Waals surface area contributed by atoms with Crippen LogP contribution in [0.2, 0.25) is 10.0 Å². The van der Waals surface area contributed by atoms with Gasteiger partial charge in [0.15, 0.2) is 9.84 Å². The van der Waals surface area contributed by atoms with Crippen LogP contribution in [0.1, 0.15) is 6.42 Å². The van der Waals surface area contributed by atoms with Crippen molar-refractivity contribution in [1.29, 1.82) is 0 Å². The third-order valence-corrected chi connectivity index (χ3v) is 5.40. The second-order valence-corrected chi connectivity index (χ2v) is 7.20. The summed E-state index contributed by atoms with van der Waals surface area (Å²) in [5.41, 5.74) is 0.401. The molecule has 7 heteroatoms. The van der Waals surface area contributed by atoms with Crippen LogP contribution in [0.15, 0.2) is 18.2 Å². The maximum Gasteiger partial charge on any atom is 0.228 e. The van der Waals surface area contributed by atoms with Crippen LogP contribution < -0.4 is 5.32 Å². The van der Waals surface area contributed by atoms with Gasteiger partial charge in [-0.1, -0.05) is 29.3 Å². The van der Waals surface area contributed by atoms with E-state index in [1.807, 2.05) is 0 Å². The quantitative estimate of drug-likeness (QED) is 0.912. The minimum Gasteiger partial charge on any atom is -0.324 e. The molecule has 0 aromatic heterocycles. The molecule has 1 aromatic rings. The second kappa shape index (κ2) is 5.07. The van der Waals surface area contributed by atoms with Crippen LogP contribution in [0.5, 0.6) is 0 Å². The highest BCUT2D eigenvalue weighted by Crippen LogP contribution is 2.30. The number of benzene rings is 1. The molecule has 1 aliphatic heterocycles. The first kappa shape index (κ1) is 13.6. The molecule has 1 atom stereocenters. The van der Waals surface area contributed by atoms with E-state index in [1.54, 1.807) is 18.2 Å². The number of anilines is 1. The summed E-state index contributed by atoms with van der Waals surface area (Å²) in [6.45, 7) is 0. The van der Waals surface area contributed by atoms with E-state index >= 15 is 0 Å². The highest BCUT2D eigenvalue weighted by molar-refractivity contribution is 7.91. The van der Waals surface area contributed by atoms with Crippen molar-refractivity contribution in [3.8, 4) is 0 Å². The fourth-order valence-electron chi connectivity index (χ4n) is 1.84. The van der Waals surface area contributed by atoms with Gasteiger partial charge in [0.25, 0.3) is 0 Å². The van der Waals surface area contributed by atoms with Crippen molar-refractivity contribution in [3.05, 3.63) is 28.2 Å². The standard InChI is InChI=1S/C11H11Cl2NO3S/c12-8-2-1-3-9(10(8)13)14-11(15)7-4-5-18(16,17)6-7/h1-3,7H,4-6H2,(H,14,15)/t7-/m1/s1. The fourth-order valence-corrected chi connectivity index (χ4v) is 3.93. The van der Waals surface area contributed by atoms with E-state index in [1.165, 1.54) is 0 Å². The predicted molar refractivity (Wildman–Crippen MR) is 71.9 cm³/mol. The van der Waals surface area contributed by atoms with Crippen LogP contribution in [-0.2, 0) is 14.6 Å². The zero-order valence-corrected chi connectivity index (χ0v) is 11.6. The Bertz CT molecular complexity index is 586. The number of halogens is 2. The Balaban J connectivity index is 2.11. The summed E-state index contributed by atoms with van der Waals surface area (Å²) in [5, 5.41) is 3.21. The van der Waals surface area contributed by atoms with Crippen molar-refractivity contribution in [2.75, 3.05) is 16.8 Å². The SMILES string of the molecule is O=C(Nc1cccc(Cl)c1Cl)[C@@H]1CCS(=O)(=O)C1. The number of carbonyl (C=O) groups excluding carboxylic acids is 1. The first-order chi connectivity index (χ1) is 8.39. The normalized spacial score (nSPS) is 21.8. The summed E-state index contributed by atoms with van der Waals surface area (Å²) in [4.78, 5) is 11.9. The predicted octanol–water partition coefficient (Wildman–Crippen LogP) is 2.37. The van der Waals surface area contributed by atoms with Crippen LogP contribution in [-0.4, -0.2) is 25.8 Å². The highest BCUT2D eigenvalue weighted by Gasteiger charge is 2.33. The maximum absolute atomic E-state index is 11.9. The lowest BCUT2D eigenvalue weighted by molar-refractivity contribution is -0.119. The average molecular weight is 308 g/mol. The Hall–Kier alpha value is -0.780. The van der Waals surface area contributed by atoms with Crippen molar-refractivity contribution in [2.45, 2.75) is 6.42 Å². The summed E-state index contributed by atoms with van der Waals surface area (Å²) < 4.78 is 22.6. The number of sulfone groups is 1. The van der Waals surface area contributed by atoms with Crippen LogP contribution in [0.25, 0.3) is 0 Å². The smallest absolute Gasteiger partial charge is 0.228 e. The van der Waals surface area contributed by atoms with Gasteiger partial charge in [-0.15, -0.1) is 0 Å². The molecule has 0 saturated carbocycles. The summed E-state index contributed by atoms with van der Waals surface area (Å²) in [7, 11) is -3.07. The number of hydrogen-bond acceptors (Lipinski definition) is 3. The Morgan fingerprint density at radius 3 is 2.67 bits per heavy atom. The van der Waals surface area contributed by atoms with Crippen LogP contribution >= 0.6 is 23.2 Å². The van der Waals surface area contributed by atoms with Crippen molar-refractivity contribution in [2.24, 2.45) is 5.92 Å². The summed E-state index contributed by atoms with van der Waals surface area (Å²) >= 11 is 11.8. The monoisotopic (exact) mass is 307 g/mol. The number of carbonyl (C=O) groups is 1. The van der Waals surface area contributed by atoms with E-state index in [9.17, 15) is 13.2 Å². The largest absolute Gasteiger partial charge is 0.324 e. The lowest BCUT2D eigenvalue weighted by Crippen LogP contribution is -2.23. The summed E-state index contributed by atoms with van der Waals surface area (Å²) in [5.74, 6) is -0.879. The van der Waals surface area contributed by atoms with Crippen molar-refractivity contribution in [1.82, 2.24) is 0 Å². The molecule has 0 radical (unpaired) electrons. The van der Waals surface area contributed by atoms with Gasteiger partial charge in [0.1, 0.15) is 0 Å². The number of rotatable bonds is 2. The molecule has 1 heterocycles. The average Bonchev–Trinajstić information content (AvgIpc) is 2.65. The lowest BCUT2D eigenvalue weighted by atomic mass is 10.1. The van der Waals surface area contributed by atoms with Crippen molar-refractivity contribution >= 4 is 44.6 Å². The van der Waals surface area contributed by atoms with Gasteiger partial charge in [0.2, 0.25) is 5.91 Å². The van der Waals surface area contributed by atoms with Gasteiger partial charge in [-0.05, 0) is 18.6 Å². The molecule has 1 saturated heterocycles. The van der Waals surface area contributed by atoms with Gasteiger partial charge in [-0.3, -0.25) is 4.79 Å². The van der Waals surface area contributed by atoms with E-state index in [2.05, 4.69) is 5.32 Å². The molecule has 4 nitrogen and oxygen atoms in total. The van der Waals surface area contributed by atoms with Crippen molar-refractivity contribution < 1.29 is 13.2 Å². The third-order valence-electron chi connectivity index (χ3n) is 2.81. The minimum absolute atomic E-state index is 0.0639. The Morgan fingerprint density at radius 2 is 2.06 bits per heavy atom. The molecule has 98 valence electrons. The molecular weight excluding hydrogens is 297 g/mol. The topological polar surface area (TPSA) is 63.2 Å². The van der Waals surface area contributed by atoms with Gasteiger partial charge < -0.3 is 5.32 Å². The molecule has 0 unspecified atom stereocenters. The molecule has 0 spiro atoms. The first-order valence-electron chi connectivity index (χ1n) is 5.34. The van der Waals surface area contributed by atoms with E-state index in [0.29, 0.717) is 17.1 Å². The fraction of sp³-hybridized carbons (Fsp3) is 0.364. The van der Waals surface area contributed by atoms with Crippen LogP contribution in [0.4, 0.5) is 5.69 Å². The Kier molecular flexibility index (Phi) is 3.84. The molecule has 2 rings (SSSR count). The Morgan fingerprint density at radius 1 is 1.33 bits per heavy atom. The van der Waals surface area contributed by atoms with E-state index in [4.69, 9.17) is 23.2 Å². The van der Waals surface area contributed by atoms with E-state index < -0.39 is 15.8 Å². The maximum atomic E-state index is 11.9. The van der Waals surface area contributed by atoms with Gasteiger partial charge >= 0.3 is 0 Å². The molecule has 0 bridgehead atoms. The first-order valence-corrected chi connectivity index (χ1v) is 7.92. The van der Waals surface area contributed by atoms with Crippen molar-refractivity contribution in [3.63, 3.8) is 0 Å².